The lowest BCUT2D eigenvalue weighted by Crippen LogP contribution is -2.49. The summed E-state index contributed by atoms with van der Waals surface area (Å²) >= 11 is 0. The molecule has 3 aliphatic rings. The number of aromatic nitrogens is 1. The van der Waals surface area contributed by atoms with Crippen LogP contribution in [0.1, 0.15) is 61.8 Å². The van der Waals surface area contributed by atoms with Crippen LogP contribution in [0.3, 0.4) is 0 Å². The predicted octanol–water partition coefficient (Wildman–Crippen LogP) is 2.37. The first kappa shape index (κ1) is 16.6. The van der Waals surface area contributed by atoms with Crippen LogP contribution in [-0.2, 0) is 29.0 Å². The van der Waals surface area contributed by atoms with Gasteiger partial charge in [0.25, 0.3) is 0 Å². The van der Waals surface area contributed by atoms with Gasteiger partial charge in [0, 0.05) is 37.4 Å². The monoisotopic (exact) mass is 341 g/mol. The third kappa shape index (κ3) is 3.55. The molecule has 1 aromatic heterocycles. The lowest BCUT2D eigenvalue weighted by molar-refractivity contribution is -0.140. The van der Waals surface area contributed by atoms with Crippen molar-refractivity contribution in [1.29, 1.82) is 0 Å². The number of hydrogen-bond acceptors (Lipinski definition) is 3. The van der Waals surface area contributed by atoms with Crippen molar-refractivity contribution in [3.8, 4) is 0 Å². The van der Waals surface area contributed by atoms with E-state index in [1.165, 1.54) is 30.5 Å². The maximum atomic E-state index is 12.6. The summed E-state index contributed by atoms with van der Waals surface area (Å²) in [6.45, 7) is 1.13. The van der Waals surface area contributed by atoms with E-state index < -0.39 is 0 Å². The van der Waals surface area contributed by atoms with Crippen molar-refractivity contribution in [2.75, 3.05) is 6.54 Å². The molecular weight excluding hydrogens is 314 g/mol. The molecule has 0 spiro atoms. The molecule has 2 aliphatic carbocycles. The average Bonchev–Trinajstić information content (AvgIpc) is 3.31. The lowest BCUT2D eigenvalue weighted by Gasteiger charge is -2.36. The van der Waals surface area contributed by atoms with Gasteiger partial charge in [0.05, 0.1) is 5.92 Å². The fraction of sp³-hybridized carbons (Fsp3) is 0.650. The average molecular weight is 341 g/mol. The number of nitrogens with one attached hydrogen (secondary N) is 1. The summed E-state index contributed by atoms with van der Waals surface area (Å²) in [7, 11) is 0. The molecule has 5 heteroatoms. The van der Waals surface area contributed by atoms with E-state index in [2.05, 4.69) is 16.4 Å². The molecule has 4 rings (SSSR count). The molecule has 2 heterocycles. The van der Waals surface area contributed by atoms with Crippen LogP contribution in [-0.4, -0.2) is 34.3 Å². The summed E-state index contributed by atoms with van der Waals surface area (Å²) in [5, 5.41) is 3.07. The van der Waals surface area contributed by atoms with Crippen LogP contribution in [0, 0.1) is 5.92 Å². The number of pyridine rings is 1. The standard InChI is InChI=1S/C20H27N3O2/c24-19-9-8-16(13-23(19)17-5-1-2-6-17)20(25)22-12-14-10-15-4-3-7-18(15)21-11-14/h10-11,16-17H,1-9,12-13H2,(H,22,25)/t16-/m1/s1. The van der Waals surface area contributed by atoms with Crippen molar-refractivity contribution < 1.29 is 9.59 Å². The highest BCUT2D eigenvalue weighted by molar-refractivity contribution is 5.84. The van der Waals surface area contributed by atoms with E-state index in [0.717, 1.165) is 31.2 Å². The van der Waals surface area contributed by atoms with E-state index in [9.17, 15) is 9.59 Å². The maximum absolute atomic E-state index is 12.6. The highest BCUT2D eigenvalue weighted by Crippen LogP contribution is 2.28. The third-order valence-electron chi connectivity index (χ3n) is 6.02. The van der Waals surface area contributed by atoms with E-state index in [1.54, 1.807) is 0 Å². The topological polar surface area (TPSA) is 62.3 Å². The number of amides is 2. The molecule has 2 fully saturated rings. The number of aryl methyl sites for hydroxylation is 2. The van der Waals surface area contributed by atoms with Crippen LogP contribution in [0.15, 0.2) is 12.3 Å². The Kier molecular flexibility index (Phi) is 4.73. The Morgan fingerprint density at radius 3 is 2.84 bits per heavy atom. The lowest BCUT2D eigenvalue weighted by atomic mass is 9.94. The van der Waals surface area contributed by atoms with Crippen molar-refractivity contribution in [3.05, 3.63) is 29.1 Å². The molecule has 1 N–H and O–H groups in total. The van der Waals surface area contributed by atoms with Gasteiger partial charge in [-0.3, -0.25) is 14.6 Å². The number of hydrogen-bond donors (Lipinski definition) is 1. The first-order valence-corrected chi connectivity index (χ1v) is 9.74. The summed E-state index contributed by atoms with van der Waals surface area (Å²) < 4.78 is 0. The zero-order valence-corrected chi connectivity index (χ0v) is 14.8. The van der Waals surface area contributed by atoms with Crippen molar-refractivity contribution in [1.82, 2.24) is 15.2 Å². The molecule has 0 unspecified atom stereocenters. The van der Waals surface area contributed by atoms with E-state index in [4.69, 9.17) is 0 Å². The molecule has 2 amide bonds. The van der Waals surface area contributed by atoms with Crippen molar-refractivity contribution in [2.24, 2.45) is 5.92 Å². The minimum Gasteiger partial charge on any atom is -0.352 e. The molecule has 1 aliphatic heterocycles. The van der Waals surface area contributed by atoms with Gasteiger partial charge >= 0.3 is 0 Å². The Bertz CT molecular complexity index is 667. The van der Waals surface area contributed by atoms with Gasteiger partial charge in [0.2, 0.25) is 11.8 Å². The van der Waals surface area contributed by atoms with Crippen LogP contribution in [0.5, 0.6) is 0 Å². The van der Waals surface area contributed by atoms with Crippen molar-refractivity contribution >= 4 is 11.8 Å². The van der Waals surface area contributed by atoms with Gasteiger partial charge in [-0.05, 0) is 49.7 Å². The van der Waals surface area contributed by atoms with Gasteiger partial charge in [-0.2, -0.15) is 0 Å². The minimum atomic E-state index is -0.0688. The van der Waals surface area contributed by atoms with Crippen LogP contribution >= 0.6 is 0 Å². The van der Waals surface area contributed by atoms with Crippen LogP contribution in [0.2, 0.25) is 0 Å². The zero-order valence-electron chi connectivity index (χ0n) is 14.8. The highest BCUT2D eigenvalue weighted by Gasteiger charge is 2.35. The van der Waals surface area contributed by atoms with Gasteiger partial charge in [-0.25, -0.2) is 0 Å². The summed E-state index contributed by atoms with van der Waals surface area (Å²) in [4.78, 5) is 31.3. The SMILES string of the molecule is O=C(NCc1cnc2c(c1)CCC2)[C@@H]1CCC(=O)N(C2CCCC2)C1. The highest BCUT2D eigenvalue weighted by atomic mass is 16.2. The maximum Gasteiger partial charge on any atom is 0.225 e. The summed E-state index contributed by atoms with van der Waals surface area (Å²) in [5.74, 6) is 0.246. The largest absolute Gasteiger partial charge is 0.352 e. The number of likely N-dealkylation sites (tertiary alicyclic amines) is 1. The van der Waals surface area contributed by atoms with Crippen molar-refractivity contribution in [2.45, 2.75) is 70.4 Å². The first-order valence-electron chi connectivity index (χ1n) is 9.74. The molecule has 0 bridgehead atoms. The van der Waals surface area contributed by atoms with Crippen molar-refractivity contribution in [3.63, 3.8) is 0 Å². The molecule has 1 saturated carbocycles. The van der Waals surface area contributed by atoms with Crippen LogP contribution < -0.4 is 5.32 Å². The predicted molar refractivity (Wildman–Crippen MR) is 94.8 cm³/mol. The second-order valence-corrected chi connectivity index (χ2v) is 7.74. The zero-order chi connectivity index (χ0) is 17.2. The molecule has 0 aromatic carbocycles. The normalized spacial score (nSPS) is 23.8. The molecule has 1 saturated heterocycles. The van der Waals surface area contributed by atoms with E-state index in [0.29, 0.717) is 32.0 Å². The molecule has 1 aromatic rings. The molecule has 25 heavy (non-hydrogen) atoms. The number of piperidine rings is 1. The molecule has 134 valence electrons. The first-order chi connectivity index (χ1) is 12.2. The van der Waals surface area contributed by atoms with Gasteiger partial charge < -0.3 is 10.2 Å². The second-order valence-electron chi connectivity index (χ2n) is 7.74. The molecule has 0 radical (unpaired) electrons. The fourth-order valence-electron chi connectivity index (χ4n) is 4.56. The van der Waals surface area contributed by atoms with Gasteiger partial charge in [0.15, 0.2) is 0 Å². The van der Waals surface area contributed by atoms with Gasteiger partial charge in [0.1, 0.15) is 0 Å². The number of fused-ring (bicyclic) bond motifs is 1. The molecule has 5 nitrogen and oxygen atoms in total. The fourth-order valence-corrected chi connectivity index (χ4v) is 4.56. The number of rotatable bonds is 4. The Morgan fingerprint density at radius 1 is 1.16 bits per heavy atom. The number of carbonyl (C=O) groups excluding carboxylic acids is 2. The van der Waals surface area contributed by atoms with E-state index in [-0.39, 0.29) is 17.7 Å². The summed E-state index contributed by atoms with van der Waals surface area (Å²) in [6, 6.07) is 2.55. The second kappa shape index (κ2) is 7.14. The van der Waals surface area contributed by atoms with E-state index >= 15 is 0 Å². The van der Waals surface area contributed by atoms with Crippen LogP contribution in [0.25, 0.3) is 0 Å². The van der Waals surface area contributed by atoms with Gasteiger partial charge in [-0.15, -0.1) is 0 Å². The summed E-state index contributed by atoms with van der Waals surface area (Å²) in [5.41, 5.74) is 3.63. The van der Waals surface area contributed by atoms with Gasteiger partial charge in [-0.1, -0.05) is 18.9 Å². The Morgan fingerprint density at radius 2 is 2.00 bits per heavy atom. The van der Waals surface area contributed by atoms with E-state index in [1.807, 2.05) is 11.1 Å². The Labute approximate surface area is 149 Å². The third-order valence-corrected chi connectivity index (χ3v) is 6.02. The summed E-state index contributed by atoms with van der Waals surface area (Å²) in [6.07, 6.45) is 11.0. The quantitative estimate of drug-likeness (QED) is 0.914. The number of carbonyl (C=O) groups is 2. The number of nitrogens with zero attached hydrogens (tertiary/aromatic N) is 2. The Balaban J connectivity index is 1.33. The molecule has 1 atom stereocenters. The Hall–Kier alpha value is -1.91. The minimum absolute atomic E-state index is 0.0688. The smallest absolute Gasteiger partial charge is 0.225 e. The van der Waals surface area contributed by atoms with Crippen LogP contribution in [0.4, 0.5) is 0 Å². The molecular formula is C20H27N3O2.